The zero-order valence-corrected chi connectivity index (χ0v) is 10.6. The predicted octanol–water partition coefficient (Wildman–Crippen LogP) is 2.38. The van der Waals surface area contributed by atoms with Crippen molar-refractivity contribution in [3.63, 3.8) is 0 Å². The third-order valence-corrected chi connectivity index (χ3v) is 3.63. The quantitative estimate of drug-likeness (QED) is 0.601. The van der Waals surface area contributed by atoms with Crippen LogP contribution < -0.4 is 11.3 Å². The van der Waals surface area contributed by atoms with Gasteiger partial charge in [-0.25, -0.2) is 5.43 Å². The molecule has 0 saturated heterocycles. The number of nitrogens with one attached hydrogen (secondary N) is 1. The van der Waals surface area contributed by atoms with Gasteiger partial charge >= 0.3 is 0 Å². The summed E-state index contributed by atoms with van der Waals surface area (Å²) in [5.41, 5.74) is 3.82. The largest absolute Gasteiger partial charge is 0.374 e. The van der Waals surface area contributed by atoms with Crippen molar-refractivity contribution in [2.45, 2.75) is 39.3 Å². The maximum atomic E-state index is 5.73. The average molecular weight is 228 g/mol. The van der Waals surface area contributed by atoms with Crippen LogP contribution in [0.4, 0.5) is 0 Å². The lowest BCUT2D eigenvalue weighted by atomic mass is 9.96. The first-order valence-electron chi connectivity index (χ1n) is 5.17. The topological polar surface area (TPSA) is 47.3 Å². The van der Waals surface area contributed by atoms with E-state index in [1.54, 1.807) is 11.3 Å². The van der Waals surface area contributed by atoms with E-state index in [9.17, 15) is 0 Å². The van der Waals surface area contributed by atoms with Crippen LogP contribution in [0.2, 0.25) is 0 Å². The van der Waals surface area contributed by atoms with E-state index in [2.05, 4.69) is 37.6 Å². The molecule has 1 unspecified atom stereocenters. The van der Waals surface area contributed by atoms with E-state index in [0.29, 0.717) is 6.61 Å². The Kier molecular flexibility index (Phi) is 4.28. The molecule has 0 radical (unpaired) electrons. The molecule has 86 valence electrons. The molecule has 1 aromatic rings. The first kappa shape index (κ1) is 12.6. The van der Waals surface area contributed by atoms with Gasteiger partial charge in [0.15, 0.2) is 0 Å². The van der Waals surface area contributed by atoms with Crippen LogP contribution in [0.15, 0.2) is 11.4 Å². The lowest BCUT2D eigenvalue weighted by Crippen LogP contribution is -2.44. The summed E-state index contributed by atoms with van der Waals surface area (Å²) in [5, 5.41) is 2.08. The van der Waals surface area contributed by atoms with Crippen LogP contribution in [0.1, 0.15) is 37.3 Å². The van der Waals surface area contributed by atoms with Crippen LogP contribution in [0.3, 0.4) is 0 Å². The Balaban J connectivity index is 2.93. The van der Waals surface area contributed by atoms with E-state index in [1.165, 1.54) is 10.4 Å². The van der Waals surface area contributed by atoms with Crippen molar-refractivity contribution >= 4 is 11.3 Å². The van der Waals surface area contributed by atoms with E-state index in [0.717, 1.165) is 0 Å². The highest BCUT2D eigenvalue weighted by atomic mass is 32.1. The van der Waals surface area contributed by atoms with E-state index in [4.69, 9.17) is 10.6 Å². The van der Waals surface area contributed by atoms with Crippen molar-refractivity contribution in [2.75, 3.05) is 6.61 Å². The highest BCUT2D eigenvalue weighted by Gasteiger charge is 2.32. The molecule has 15 heavy (non-hydrogen) atoms. The van der Waals surface area contributed by atoms with E-state index < -0.39 is 0 Å². The minimum atomic E-state index is -0.293. The molecule has 1 aromatic heterocycles. The fourth-order valence-corrected chi connectivity index (χ4v) is 2.89. The number of hydrazine groups is 1. The molecule has 4 heteroatoms. The van der Waals surface area contributed by atoms with Crippen molar-refractivity contribution in [1.82, 2.24) is 5.43 Å². The molecule has 1 heterocycles. The van der Waals surface area contributed by atoms with Crippen molar-refractivity contribution in [3.05, 3.63) is 21.9 Å². The van der Waals surface area contributed by atoms with E-state index in [-0.39, 0.29) is 11.6 Å². The molecule has 3 N–H and O–H groups in total. The van der Waals surface area contributed by atoms with Crippen LogP contribution in [-0.4, -0.2) is 12.2 Å². The van der Waals surface area contributed by atoms with Gasteiger partial charge < -0.3 is 4.74 Å². The van der Waals surface area contributed by atoms with Gasteiger partial charge in [-0.3, -0.25) is 5.84 Å². The van der Waals surface area contributed by atoms with Crippen LogP contribution in [0, 0.1) is 6.92 Å². The van der Waals surface area contributed by atoms with Crippen molar-refractivity contribution in [2.24, 2.45) is 5.84 Å². The molecule has 0 aliphatic heterocycles. The third kappa shape index (κ3) is 2.78. The van der Waals surface area contributed by atoms with Gasteiger partial charge in [-0.2, -0.15) is 0 Å². The lowest BCUT2D eigenvalue weighted by molar-refractivity contribution is -0.0385. The van der Waals surface area contributed by atoms with Crippen LogP contribution in [0.5, 0.6) is 0 Å². The molecule has 0 amide bonds. The number of hydrogen-bond acceptors (Lipinski definition) is 4. The highest BCUT2D eigenvalue weighted by Crippen LogP contribution is 2.33. The van der Waals surface area contributed by atoms with Crippen LogP contribution in [0.25, 0.3) is 0 Å². The summed E-state index contributed by atoms with van der Waals surface area (Å²) in [6.07, 6.45) is 0. The first-order valence-corrected chi connectivity index (χ1v) is 6.05. The summed E-state index contributed by atoms with van der Waals surface area (Å²) in [4.78, 5) is 1.25. The molecule has 0 aliphatic rings. The average Bonchev–Trinajstić information content (AvgIpc) is 2.53. The second kappa shape index (κ2) is 5.07. The Bertz CT molecular complexity index is 309. The van der Waals surface area contributed by atoms with Crippen molar-refractivity contribution in [3.8, 4) is 0 Å². The van der Waals surface area contributed by atoms with E-state index >= 15 is 0 Å². The zero-order chi connectivity index (χ0) is 11.5. The fraction of sp³-hybridized carbons (Fsp3) is 0.636. The molecule has 3 nitrogen and oxygen atoms in total. The van der Waals surface area contributed by atoms with E-state index in [1.807, 2.05) is 6.92 Å². The number of rotatable bonds is 5. The summed E-state index contributed by atoms with van der Waals surface area (Å²) in [6, 6.07) is 2.14. The maximum absolute atomic E-state index is 5.73. The Morgan fingerprint density at radius 3 is 2.67 bits per heavy atom. The molecule has 0 bridgehead atoms. The normalized spacial score (nSPS) is 14.2. The van der Waals surface area contributed by atoms with Gasteiger partial charge in [0.2, 0.25) is 0 Å². The molecule has 0 aromatic carbocycles. The number of ether oxygens (including phenoxy) is 1. The molecule has 1 rings (SSSR count). The van der Waals surface area contributed by atoms with Crippen LogP contribution in [-0.2, 0) is 4.74 Å². The highest BCUT2D eigenvalue weighted by molar-refractivity contribution is 7.10. The second-order valence-corrected chi connectivity index (χ2v) is 5.05. The SMILES string of the molecule is CCOC(C)(C)C(NN)c1sccc1C. The van der Waals surface area contributed by atoms with Crippen molar-refractivity contribution in [1.29, 1.82) is 0 Å². The summed E-state index contributed by atoms with van der Waals surface area (Å²) >= 11 is 1.71. The predicted molar refractivity (Wildman–Crippen MR) is 64.8 cm³/mol. The summed E-state index contributed by atoms with van der Waals surface area (Å²) in [6.45, 7) is 8.89. The molecule has 0 spiro atoms. The Morgan fingerprint density at radius 1 is 1.60 bits per heavy atom. The van der Waals surface area contributed by atoms with Gasteiger partial charge in [-0.05, 0) is 44.7 Å². The van der Waals surface area contributed by atoms with Gasteiger partial charge in [0, 0.05) is 11.5 Å². The first-order chi connectivity index (χ1) is 7.03. The molecular formula is C11H20N2OS. The Hall–Kier alpha value is -0.420. The molecular weight excluding hydrogens is 208 g/mol. The molecule has 1 atom stereocenters. The number of aryl methyl sites for hydroxylation is 1. The monoisotopic (exact) mass is 228 g/mol. The number of hydrogen-bond donors (Lipinski definition) is 2. The van der Waals surface area contributed by atoms with Gasteiger partial charge in [0.1, 0.15) is 0 Å². The van der Waals surface area contributed by atoms with Gasteiger partial charge in [0.05, 0.1) is 11.6 Å². The molecule has 0 fully saturated rings. The smallest absolute Gasteiger partial charge is 0.0841 e. The summed E-state index contributed by atoms with van der Waals surface area (Å²) in [7, 11) is 0. The molecule has 0 aliphatic carbocycles. The summed E-state index contributed by atoms with van der Waals surface area (Å²) in [5.74, 6) is 5.63. The minimum absolute atomic E-state index is 0.0393. The summed E-state index contributed by atoms with van der Waals surface area (Å²) < 4.78 is 5.73. The Morgan fingerprint density at radius 2 is 2.27 bits per heavy atom. The van der Waals surface area contributed by atoms with Gasteiger partial charge in [-0.1, -0.05) is 0 Å². The standard InChI is InChI=1S/C11H20N2OS/c1-5-14-11(3,4)10(13-12)9-8(2)6-7-15-9/h6-7,10,13H,5,12H2,1-4H3. The van der Waals surface area contributed by atoms with Gasteiger partial charge in [-0.15, -0.1) is 11.3 Å². The van der Waals surface area contributed by atoms with Crippen molar-refractivity contribution < 1.29 is 4.74 Å². The minimum Gasteiger partial charge on any atom is -0.374 e. The van der Waals surface area contributed by atoms with Gasteiger partial charge in [0.25, 0.3) is 0 Å². The number of thiophene rings is 1. The zero-order valence-electron chi connectivity index (χ0n) is 9.83. The molecule has 0 saturated carbocycles. The lowest BCUT2D eigenvalue weighted by Gasteiger charge is -2.33. The fourth-order valence-electron chi connectivity index (χ4n) is 1.73. The Labute approximate surface area is 95.6 Å². The maximum Gasteiger partial charge on any atom is 0.0841 e. The van der Waals surface area contributed by atoms with Crippen LogP contribution >= 0.6 is 11.3 Å². The third-order valence-electron chi connectivity index (χ3n) is 2.54. The number of nitrogens with two attached hydrogens (primary N) is 1. The second-order valence-electron chi connectivity index (χ2n) is 4.10.